The number of aryl methyl sites for hydroxylation is 1. The standard InChI is InChI=1S/C12H16O3/c1-8-6-10(4-5-11(8)15-3)7-9(2)12(13)14/h4-6,9H,7H2,1-3H3,(H,13,14). The second-order valence-electron chi connectivity index (χ2n) is 3.75. The van der Waals surface area contributed by atoms with Crippen molar-refractivity contribution >= 4 is 5.97 Å². The fourth-order valence-corrected chi connectivity index (χ4v) is 1.51. The molecule has 1 aromatic carbocycles. The van der Waals surface area contributed by atoms with Crippen molar-refractivity contribution in [2.45, 2.75) is 20.3 Å². The van der Waals surface area contributed by atoms with Gasteiger partial charge in [-0.25, -0.2) is 0 Å². The third-order valence-electron chi connectivity index (χ3n) is 2.42. The summed E-state index contributed by atoms with van der Waals surface area (Å²) in [5.74, 6) is -0.275. The number of benzene rings is 1. The summed E-state index contributed by atoms with van der Waals surface area (Å²) in [7, 11) is 1.63. The Balaban J connectivity index is 2.79. The summed E-state index contributed by atoms with van der Waals surface area (Å²) in [6.07, 6.45) is 0.556. The summed E-state index contributed by atoms with van der Waals surface area (Å²) in [4.78, 5) is 10.7. The molecule has 0 aromatic heterocycles. The summed E-state index contributed by atoms with van der Waals surface area (Å²) in [6.45, 7) is 3.66. The molecular weight excluding hydrogens is 192 g/mol. The topological polar surface area (TPSA) is 46.5 Å². The largest absolute Gasteiger partial charge is 0.496 e. The molecule has 0 amide bonds. The number of rotatable bonds is 4. The second kappa shape index (κ2) is 4.82. The van der Waals surface area contributed by atoms with E-state index in [1.807, 2.05) is 25.1 Å². The number of ether oxygens (including phenoxy) is 1. The molecule has 0 aliphatic heterocycles. The Morgan fingerprint density at radius 3 is 2.67 bits per heavy atom. The van der Waals surface area contributed by atoms with Crippen molar-refractivity contribution in [1.82, 2.24) is 0 Å². The molecule has 0 saturated carbocycles. The van der Waals surface area contributed by atoms with E-state index < -0.39 is 5.97 Å². The van der Waals surface area contributed by atoms with Gasteiger partial charge in [0, 0.05) is 0 Å². The lowest BCUT2D eigenvalue weighted by Crippen LogP contribution is -2.12. The molecule has 0 heterocycles. The molecule has 0 aliphatic rings. The number of methoxy groups -OCH3 is 1. The Labute approximate surface area is 89.7 Å². The van der Waals surface area contributed by atoms with Crippen molar-refractivity contribution in [2.24, 2.45) is 5.92 Å². The van der Waals surface area contributed by atoms with Crippen LogP contribution in [0.3, 0.4) is 0 Å². The minimum atomic E-state index is -0.761. The van der Waals surface area contributed by atoms with E-state index >= 15 is 0 Å². The van der Waals surface area contributed by atoms with Crippen LogP contribution in [-0.2, 0) is 11.2 Å². The van der Waals surface area contributed by atoms with Crippen LogP contribution in [0.25, 0.3) is 0 Å². The van der Waals surface area contributed by atoms with Crippen LogP contribution in [0.15, 0.2) is 18.2 Å². The van der Waals surface area contributed by atoms with E-state index in [1.54, 1.807) is 14.0 Å². The number of carboxylic acid groups (broad SMARTS) is 1. The molecule has 0 fully saturated rings. The van der Waals surface area contributed by atoms with E-state index in [0.717, 1.165) is 16.9 Å². The van der Waals surface area contributed by atoms with Crippen molar-refractivity contribution in [1.29, 1.82) is 0 Å². The van der Waals surface area contributed by atoms with E-state index in [4.69, 9.17) is 9.84 Å². The molecule has 0 aliphatic carbocycles. The molecule has 15 heavy (non-hydrogen) atoms. The third kappa shape index (κ3) is 2.98. The van der Waals surface area contributed by atoms with E-state index in [-0.39, 0.29) is 5.92 Å². The van der Waals surface area contributed by atoms with Gasteiger partial charge in [-0.05, 0) is 30.5 Å². The van der Waals surface area contributed by atoms with E-state index in [2.05, 4.69) is 0 Å². The predicted octanol–water partition coefficient (Wildman–Crippen LogP) is 2.27. The smallest absolute Gasteiger partial charge is 0.306 e. The van der Waals surface area contributed by atoms with Gasteiger partial charge in [-0.1, -0.05) is 19.1 Å². The Hall–Kier alpha value is -1.51. The summed E-state index contributed by atoms with van der Waals surface area (Å²) in [5, 5.41) is 8.79. The first kappa shape index (κ1) is 11.6. The maximum Gasteiger partial charge on any atom is 0.306 e. The highest BCUT2D eigenvalue weighted by atomic mass is 16.5. The Morgan fingerprint density at radius 1 is 1.53 bits per heavy atom. The first-order valence-electron chi connectivity index (χ1n) is 4.91. The molecule has 0 saturated heterocycles. The number of aliphatic carboxylic acids is 1. The molecule has 1 rings (SSSR count). The molecule has 0 spiro atoms. The van der Waals surface area contributed by atoms with Crippen LogP contribution in [-0.4, -0.2) is 18.2 Å². The number of hydrogen-bond acceptors (Lipinski definition) is 2. The van der Waals surface area contributed by atoms with Crippen LogP contribution in [0.5, 0.6) is 5.75 Å². The normalized spacial score (nSPS) is 12.2. The van der Waals surface area contributed by atoms with Crippen LogP contribution in [0.2, 0.25) is 0 Å². The number of hydrogen-bond donors (Lipinski definition) is 1. The van der Waals surface area contributed by atoms with Crippen molar-refractivity contribution < 1.29 is 14.6 Å². The minimum Gasteiger partial charge on any atom is -0.496 e. The van der Waals surface area contributed by atoms with Gasteiger partial charge in [-0.2, -0.15) is 0 Å². The van der Waals surface area contributed by atoms with Gasteiger partial charge in [0.05, 0.1) is 13.0 Å². The van der Waals surface area contributed by atoms with Crippen molar-refractivity contribution in [3.63, 3.8) is 0 Å². The number of carbonyl (C=O) groups is 1. The summed E-state index contributed by atoms with van der Waals surface area (Å²) in [5.41, 5.74) is 2.07. The fraction of sp³-hybridized carbons (Fsp3) is 0.417. The molecule has 0 bridgehead atoms. The van der Waals surface area contributed by atoms with Crippen LogP contribution < -0.4 is 4.74 Å². The lowest BCUT2D eigenvalue weighted by atomic mass is 10.00. The molecule has 82 valence electrons. The molecule has 1 unspecified atom stereocenters. The molecule has 0 radical (unpaired) electrons. The SMILES string of the molecule is COc1ccc(CC(C)C(=O)O)cc1C. The summed E-state index contributed by atoms with van der Waals surface area (Å²) in [6, 6.07) is 5.75. The maximum atomic E-state index is 10.7. The molecular formula is C12H16O3. The van der Waals surface area contributed by atoms with Gasteiger partial charge < -0.3 is 9.84 Å². The maximum absolute atomic E-state index is 10.7. The predicted molar refractivity (Wildman–Crippen MR) is 58.2 cm³/mol. The zero-order valence-corrected chi connectivity index (χ0v) is 9.28. The minimum absolute atomic E-state index is 0.349. The highest BCUT2D eigenvalue weighted by Gasteiger charge is 2.12. The average Bonchev–Trinajstić information content (AvgIpc) is 2.18. The highest BCUT2D eigenvalue weighted by molar-refractivity contribution is 5.69. The molecule has 1 atom stereocenters. The zero-order chi connectivity index (χ0) is 11.4. The van der Waals surface area contributed by atoms with E-state index in [0.29, 0.717) is 6.42 Å². The van der Waals surface area contributed by atoms with Gasteiger partial charge in [0.15, 0.2) is 0 Å². The lowest BCUT2D eigenvalue weighted by molar-refractivity contribution is -0.141. The van der Waals surface area contributed by atoms with Gasteiger partial charge in [0.2, 0.25) is 0 Å². The molecule has 3 heteroatoms. The van der Waals surface area contributed by atoms with E-state index in [9.17, 15) is 4.79 Å². The first-order valence-corrected chi connectivity index (χ1v) is 4.91. The monoisotopic (exact) mass is 208 g/mol. The molecule has 3 nitrogen and oxygen atoms in total. The summed E-state index contributed by atoms with van der Waals surface area (Å²) >= 11 is 0. The van der Waals surface area contributed by atoms with Gasteiger partial charge >= 0.3 is 5.97 Å². The number of carboxylic acids is 1. The Morgan fingerprint density at radius 2 is 2.20 bits per heavy atom. The quantitative estimate of drug-likeness (QED) is 0.825. The molecule has 1 N–H and O–H groups in total. The van der Waals surface area contributed by atoms with Crippen molar-refractivity contribution in [3.05, 3.63) is 29.3 Å². The average molecular weight is 208 g/mol. The van der Waals surface area contributed by atoms with Crippen LogP contribution in [0.1, 0.15) is 18.1 Å². The van der Waals surface area contributed by atoms with Crippen molar-refractivity contribution in [3.8, 4) is 5.75 Å². The van der Waals surface area contributed by atoms with Crippen LogP contribution in [0, 0.1) is 12.8 Å². The van der Waals surface area contributed by atoms with Gasteiger partial charge in [0.1, 0.15) is 5.75 Å². The highest BCUT2D eigenvalue weighted by Crippen LogP contribution is 2.20. The lowest BCUT2D eigenvalue weighted by Gasteiger charge is -2.09. The fourth-order valence-electron chi connectivity index (χ4n) is 1.51. The van der Waals surface area contributed by atoms with Crippen molar-refractivity contribution in [2.75, 3.05) is 7.11 Å². The van der Waals surface area contributed by atoms with Gasteiger partial charge in [0.25, 0.3) is 0 Å². The second-order valence-corrected chi connectivity index (χ2v) is 3.75. The Kier molecular flexibility index (Phi) is 3.72. The van der Waals surface area contributed by atoms with Crippen LogP contribution in [0.4, 0.5) is 0 Å². The first-order chi connectivity index (χ1) is 7.04. The third-order valence-corrected chi connectivity index (χ3v) is 2.42. The van der Waals surface area contributed by atoms with E-state index in [1.165, 1.54) is 0 Å². The Bertz CT molecular complexity index is 358. The zero-order valence-electron chi connectivity index (χ0n) is 9.28. The summed E-state index contributed by atoms with van der Waals surface area (Å²) < 4.78 is 5.14. The van der Waals surface area contributed by atoms with Crippen LogP contribution >= 0.6 is 0 Å². The van der Waals surface area contributed by atoms with Gasteiger partial charge in [-0.3, -0.25) is 4.79 Å². The van der Waals surface area contributed by atoms with Gasteiger partial charge in [-0.15, -0.1) is 0 Å². The molecule has 1 aromatic rings.